The molecule has 2 aromatic heterocycles. The molecule has 0 radical (unpaired) electrons. The lowest BCUT2D eigenvalue weighted by molar-refractivity contribution is 0.102. The van der Waals surface area contributed by atoms with E-state index in [0.717, 1.165) is 22.0 Å². The maximum atomic E-state index is 12.3. The first kappa shape index (κ1) is 15.3. The summed E-state index contributed by atoms with van der Waals surface area (Å²) in [4.78, 5) is 21.2. The van der Waals surface area contributed by atoms with Crippen LogP contribution in [0.3, 0.4) is 0 Å². The summed E-state index contributed by atoms with van der Waals surface area (Å²) in [6.07, 6.45) is 2.41. The minimum absolute atomic E-state index is 0.220. The normalized spacial score (nSPS) is 13.7. The number of thiazole rings is 2. The van der Waals surface area contributed by atoms with Crippen molar-refractivity contribution in [3.05, 3.63) is 46.4 Å². The van der Waals surface area contributed by atoms with Crippen molar-refractivity contribution < 1.29 is 9.53 Å². The van der Waals surface area contributed by atoms with E-state index in [1.165, 1.54) is 35.5 Å². The van der Waals surface area contributed by atoms with Gasteiger partial charge in [-0.25, -0.2) is 9.97 Å². The third-order valence-corrected chi connectivity index (χ3v) is 5.48. The van der Waals surface area contributed by atoms with Gasteiger partial charge in [0.15, 0.2) is 5.13 Å². The fourth-order valence-electron chi connectivity index (χ4n) is 2.32. The van der Waals surface area contributed by atoms with Gasteiger partial charge < -0.3 is 4.74 Å². The molecule has 1 aromatic carbocycles. The van der Waals surface area contributed by atoms with E-state index < -0.39 is 0 Å². The number of carbonyl (C=O) groups is 1. The standard InChI is InChI=1S/C17H15N3O2S2/c1-22-12-6-4-11(5-7-12)16-18-14(9-23-16)15(21)20-17-19-13(8-24-17)10-2-3-10/h4-10H,2-3H2,1H3,(H,19,20,21). The number of aromatic nitrogens is 2. The quantitative estimate of drug-likeness (QED) is 0.735. The predicted molar refractivity (Wildman–Crippen MR) is 96.1 cm³/mol. The maximum absolute atomic E-state index is 12.3. The highest BCUT2D eigenvalue weighted by atomic mass is 32.1. The van der Waals surface area contributed by atoms with Gasteiger partial charge in [0, 0.05) is 22.2 Å². The van der Waals surface area contributed by atoms with E-state index >= 15 is 0 Å². The van der Waals surface area contributed by atoms with Crippen molar-refractivity contribution in [3.63, 3.8) is 0 Å². The molecule has 1 saturated carbocycles. The largest absolute Gasteiger partial charge is 0.497 e. The predicted octanol–water partition coefficient (Wildman–Crippen LogP) is 4.40. The van der Waals surface area contributed by atoms with Gasteiger partial charge in [-0.2, -0.15) is 0 Å². The van der Waals surface area contributed by atoms with Gasteiger partial charge in [-0.3, -0.25) is 10.1 Å². The van der Waals surface area contributed by atoms with E-state index in [2.05, 4.69) is 15.3 Å². The second kappa shape index (κ2) is 6.33. The molecule has 1 amide bonds. The molecule has 0 aliphatic heterocycles. The molecular weight excluding hydrogens is 342 g/mol. The van der Waals surface area contributed by atoms with Crippen LogP contribution < -0.4 is 10.1 Å². The maximum Gasteiger partial charge on any atom is 0.276 e. The zero-order chi connectivity index (χ0) is 16.5. The molecule has 0 spiro atoms. The highest BCUT2D eigenvalue weighted by molar-refractivity contribution is 7.14. The second-order valence-corrected chi connectivity index (χ2v) is 7.29. The molecule has 0 unspecified atom stereocenters. The van der Waals surface area contributed by atoms with Crippen LogP contribution in [0.2, 0.25) is 0 Å². The number of benzene rings is 1. The summed E-state index contributed by atoms with van der Waals surface area (Å²) in [5, 5.41) is 8.08. The second-order valence-electron chi connectivity index (χ2n) is 5.57. The Labute approximate surface area is 147 Å². The molecular formula is C17H15N3O2S2. The van der Waals surface area contributed by atoms with Crippen LogP contribution in [0.4, 0.5) is 5.13 Å². The van der Waals surface area contributed by atoms with Crippen molar-refractivity contribution in [2.75, 3.05) is 12.4 Å². The van der Waals surface area contributed by atoms with Crippen LogP contribution in [0.25, 0.3) is 10.6 Å². The number of rotatable bonds is 5. The Bertz CT molecular complexity index is 866. The van der Waals surface area contributed by atoms with Crippen LogP contribution in [0, 0.1) is 0 Å². The molecule has 4 rings (SSSR count). The zero-order valence-electron chi connectivity index (χ0n) is 13.0. The third kappa shape index (κ3) is 3.18. The molecule has 24 heavy (non-hydrogen) atoms. The van der Waals surface area contributed by atoms with E-state index in [9.17, 15) is 4.79 Å². The molecule has 1 aliphatic rings. The Morgan fingerprint density at radius 3 is 2.67 bits per heavy atom. The van der Waals surface area contributed by atoms with E-state index in [1.54, 1.807) is 12.5 Å². The first-order valence-electron chi connectivity index (χ1n) is 7.59. The highest BCUT2D eigenvalue weighted by Gasteiger charge is 2.26. The third-order valence-electron chi connectivity index (χ3n) is 3.81. The summed E-state index contributed by atoms with van der Waals surface area (Å²) >= 11 is 2.91. The van der Waals surface area contributed by atoms with Gasteiger partial charge in [0.2, 0.25) is 0 Å². The van der Waals surface area contributed by atoms with Gasteiger partial charge >= 0.3 is 0 Å². The summed E-state index contributed by atoms with van der Waals surface area (Å²) < 4.78 is 5.15. The van der Waals surface area contributed by atoms with E-state index in [-0.39, 0.29) is 5.91 Å². The van der Waals surface area contributed by atoms with Crippen molar-refractivity contribution >= 4 is 33.7 Å². The lowest BCUT2D eigenvalue weighted by Gasteiger charge is -2.00. The number of nitrogens with one attached hydrogen (secondary N) is 1. The smallest absolute Gasteiger partial charge is 0.276 e. The molecule has 122 valence electrons. The number of nitrogens with zero attached hydrogens (tertiary/aromatic N) is 2. The van der Waals surface area contributed by atoms with Crippen molar-refractivity contribution in [1.82, 2.24) is 9.97 Å². The van der Waals surface area contributed by atoms with Gasteiger partial charge in [-0.05, 0) is 37.1 Å². The van der Waals surface area contributed by atoms with Crippen LogP contribution in [-0.4, -0.2) is 23.0 Å². The topological polar surface area (TPSA) is 64.1 Å². The molecule has 1 N–H and O–H groups in total. The van der Waals surface area contributed by atoms with Gasteiger partial charge in [0.05, 0.1) is 12.8 Å². The molecule has 1 fully saturated rings. The molecule has 7 heteroatoms. The molecule has 3 aromatic rings. The minimum Gasteiger partial charge on any atom is -0.497 e. The van der Waals surface area contributed by atoms with Crippen molar-refractivity contribution in [1.29, 1.82) is 0 Å². The summed E-state index contributed by atoms with van der Waals surface area (Å²) in [6, 6.07) is 7.63. The summed E-state index contributed by atoms with van der Waals surface area (Å²) in [7, 11) is 1.63. The lowest BCUT2D eigenvalue weighted by Crippen LogP contribution is -2.12. The van der Waals surface area contributed by atoms with Crippen molar-refractivity contribution in [3.8, 4) is 16.3 Å². The van der Waals surface area contributed by atoms with E-state index in [1.807, 2.05) is 29.6 Å². The van der Waals surface area contributed by atoms with Crippen LogP contribution >= 0.6 is 22.7 Å². The molecule has 2 heterocycles. The first-order valence-corrected chi connectivity index (χ1v) is 9.35. The number of ether oxygens (including phenoxy) is 1. The lowest BCUT2D eigenvalue weighted by atomic mass is 10.2. The number of hydrogen-bond donors (Lipinski definition) is 1. The van der Waals surface area contributed by atoms with Gasteiger partial charge in [-0.1, -0.05) is 0 Å². The summed E-state index contributed by atoms with van der Waals surface area (Å²) in [5.41, 5.74) is 2.46. The Morgan fingerprint density at radius 1 is 1.17 bits per heavy atom. The minimum atomic E-state index is -0.220. The zero-order valence-corrected chi connectivity index (χ0v) is 14.6. The number of anilines is 1. The summed E-state index contributed by atoms with van der Waals surface area (Å²) in [5.74, 6) is 1.17. The molecule has 5 nitrogen and oxygen atoms in total. The van der Waals surface area contributed by atoms with Crippen LogP contribution in [0.15, 0.2) is 35.0 Å². The monoisotopic (exact) mass is 357 g/mol. The van der Waals surface area contributed by atoms with Crippen LogP contribution in [-0.2, 0) is 0 Å². The van der Waals surface area contributed by atoms with Gasteiger partial charge in [0.25, 0.3) is 5.91 Å². The Balaban J connectivity index is 1.47. The number of methoxy groups -OCH3 is 1. The number of carbonyl (C=O) groups excluding carboxylic acids is 1. The Morgan fingerprint density at radius 2 is 1.96 bits per heavy atom. The van der Waals surface area contributed by atoms with Gasteiger partial charge in [-0.15, -0.1) is 22.7 Å². The Hall–Kier alpha value is -2.25. The highest BCUT2D eigenvalue weighted by Crippen LogP contribution is 2.40. The fourth-order valence-corrected chi connectivity index (χ4v) is 3.91. The SMILES string of the molecule is COc1ccc(-c2nc(C(=O)Nc3nc(C4CC4)cs3)cs2)cc1. The van der Waals surface area contributed by atoms with Gasteiger partial charge in [0.1, 0.15) is 16.5 Å². The van der Waals surface area contributed by atoms with Crippen molar-refractivity contribution in [2.45, 2.75) is 18.8 Å². The van der Waals surface area contributed by atoms with E-state index in [4.69, 9.17) is 4.74 Å². The number of amides is 1. The summed E-state index contributed by atoms with van der Waals surface area (Å²) in [6.45, 7) is 0. The molecule has 0 bridgehead atoms. The Kier molecular flexibility index (Phi) is 4.03. The molecule has 0 atom stereocenters. The average Bonchev–Trinajstić information content (AvgIpc) is 3.16. The first-order chi connectivity index (χ1) is 11.7. The molecule has 1 aliphatic carbocycles. The van der Waals surface area contributed by atoms with E-state index in [0.29, 0.717) is 16.7 Å². The van der Waals surface area contributed by atoms with Crippen molar-refractivity contribution in [2.24, 2.45) is 0 Å². The number of hydrogen-bond acceptors (Lipinski definition) is 6. The average molecular weight is 357 g/mol. The molecule has 0 saturated heterocycles. The van der Waals surface area contributed by atoms with Crippen LogP contribution in [0.5, 0.6) is 5.75 Å². The fraction of sp³-hybridized carbons (Fsp3) is 0.235. The van der Waals surface area contributed by atoms with Crippen LogP contribution in [0.1, 0.15) is 34.9 Å².